The second-order valence-electron chi connectivity index (χ2n) is 5.09. The van der Waals surface area contributed by atoms with Crippen LogP contribution in [0.4, 0.5) is 4.79 Å². The van der Waals surface area contributed by atoms with Gasteiger partial charge in [0, 0.05) is 6.54 Å². The van der Waals surface area contributed by atoms with Crippen molar-refractivity contribution in [3.05, 3.63) is 12.2 Å². The maximum atomic E-state index is 11.7. The van der Waals surface area contributed by atoms with Gasteiger partial charge in [-0.15, -0.1) is 0 Å². The number of amides is 2. The fourth-order valence-corrected chi connectivity index (χ4v) is 2.44. The van der Waals surface area contributed by atoms with E-state index in [1.165, 1.54) is 0 Å². The SMILES string of the molecule is O=C(NCC1CC=CCC1)NC1COCC1C(=O)O. The van der Waals surface area contributed by atoms with E-state index in [4.69, 9.17) is 9.84 Å². The van der Waals surface area contributed by atoms with Crippen molar-refractivity contribution in [3.63, 3.8) is 0 Å². The Morgan fingerprint density at radius 3 is 2.84 bits per heavy atom. The molecule has 1 saturated heterocycles. The van der Waals surface area contributed by atoms with Crippen molar-refractivity contribution in [2.45, 2.75) is 25.3 Å². The van der Waals surface area contributed by atoms with Crippen LogP contribution in [0.25, 0.3) is 0 Å². The molecule has 2 aliphatic rings. The van der Waals surface area contributed by atoms with E-state index in [1.54, 1.807) is 0 Å². The monoisotopic (exact) mass is 268 g/mol. The molecule has 19 heavy (non-hydrogen) atoms. The third-order valence-electron chi connectivity index (χ3n) is 3.64. The molecule has 1 fully saturated rings. The largest absolute Gasteiger partial charge is 0.481 e. The molecule has 6 nitrogen and oxygen atoms in total. The number of ether oxygens (including phenoxy) is 1. The van der Waals surface area contributed by atoms with Gasteiger partial charge in [-0.05, 0) is 25.2 Å². The summed E-state index contributed by atoms with van der Waals surface area (Å²) in [5.74, 6) is -1.10. The first-order valence-corrected chi connectivity index (χ1v) is 6.66. The highest BCUT2D eigenvalue weighted by Crippen LogP contribution is 2.17. The lowest BCUT2D eigenvalue weighted by Crippen LogP contribution is -2.48. The maximum Gasteiger partial charge on any atom is 0.315 e. The number of urea groups is 1. The van der Waals surface area contributed by atoms with Crippen molar-refractivity contribution >= 4 is 12.0 Å². The number of carboxylic acid groups (broad SMARTS) is 1. The van der Waals surface area contributed by atoms with E-state index in [9.17, 15) is 9.59 Å². The van der Waals surface area contributed by atoms with E-state index in [0.717, 1.165) is 19.3 Å². The molecule has 0 aromatic heterocycles. The smallest absolute Gasteiger partial charge is 0.315 e. The molecule has 3 unspecified atom stereocenters. The molecule has 2 rings (SSSR count). The van der Waals surface area contributed by atoms with E-state index in [0.29, 0.717) is 12.5 Å². The number of carboxylic acids is 1. The minimum absolute atomic E-state index is 0.160. The fourth-order valence-electron chi connectivity index (χ4n) is 2.44. The van der Waals surface area contributed by atoms with Crippen LogP contribution in [0.1, 0.15) is 19.3 Å². The molecule has 0 aromatic carbocycles. The van der Waals surface area contributed by atoms with Crippen LogP contribution in [-0.4, -0.2) is 42.9 Å². The van der Waals surface area contributed by atoms with Crippen molar-refractivity contribution in [1.29, 1.82) is 0 Å². The van der Waals surface area contributed by atoms with Gasteiger partial charge in [0.15, 0.2) is 0 Å². The van der Waals surface area contributed by atoms with Gasteiger partial charge in [-0.2, -0.15) is 0 Å². The molecule has 2 amide bonds. The molecular weight excluding hydrogens is 248 g/mol. The molecular formula is C13H20N2O4. The summed E-state index contributed by atoms with van der Waals surface area (Å²) in [4.78, 5) is 22.7. The quantitative estimate of drug-likeness (QED) is 0.656. The average Bonchev–Trinajstić information content (AvgIpc) is 2.86. The summed E-state index contributed by atoms with van der Waals surface area (Å²) in [6, 6.07) is -0.750. The Hall–Kier alpha value is -1.56. The van der Waals surface area contributed by atoms with Crippen LogP contribution in [0.3, 0.4) is 0 Å². The van der Waals surface area contributed by atoms with Crippen LogP contribution in [-0.2, 0) is 9.53 Å². The first kappa shape index (κ1) is 13.9. The second kappa shape index (κ2) is 6.56. The Morgan fingerprint density at radius 1 is 1.32 bits per heavy atom. The molecule has 0 bridgehead atoms. The Kier molecular flexibility index (Phi) is 4.79. The Bertz CT molecular complexity index is 370. The molecule has 0 radical (unpaired) electrons. The zero-order chi connectivity index (χ0) is 13.7. The van der Waals surface area contributed by atoms with Gasteiger partial charge in [0.1, 0.15) is 5.92 Å². The van der Waals surface area contributed by atoms with Gasteiger partial charge in [0.05, 0.1) is 19.3 Å². The molecule has 6 heteroatoms. The van der Waals surface area contributed by atoms with Gasteiger partial charge in [0.25, 0.3) is 0 Å². The number of carbonyl (C=O) groups excluding carboxylic acids is 1. The summed E-state index contributed by atoms with van der Waals surface area (Å²) in [6.07, 6.45) is 7.43. The van der Waals surface area contributed by atoms with Crippen molar-refractivity contribution in [3.8, 4) is 0 Å². The molecule has 1 heterocycles. The Labute approximate surface area is 112 Å². The lowest BCUT2D eigenvalue weighted by atomic mass is 9.94. The van der Waals surface area contributed by atoms with Crippen molar-refractivity contribution in [1.82, 2.24) is 10.6 Å². The molecule has 0 spiro atoms. The number of nitrogens with one attached hydrogen (secondary N) is 2. The molecule has 3 atom stereocenters. The zero-order valence-corrected chi connectivity index (χ0v) is 10.8. The number of hydrogen-bond donors (Lipinski definition) is 3. The number of carbonyl (C=O) groups is 2. The fraction of sp³-hybridized carbons (Fsp3) is 0.692. The van der Waals surface area contributed by atoms with Gasteiger partial charge in [-0.3, -0.25) is 4.79 Å². The number of aliphatic carboxylic acids is 1. The summed E-state index contributed by atoms with van der Waals surface area (Å²) in [5.41, 5.74) is 0. The van der Waals surface area contributed by atoms with E-state index >= 15 is 0 Å². The van der Waals surface area contributed by atoms with Crippen LogP contribution in [0.15, 0.2) is 12.2 Å². The van der Waals surface area contributed by atoms with E-state index in [-0.39, 0.29) is 19.2 Å². The van der Waals surface area contributed by atoms with E-state index in [2.05, 4.69) is 22.8 Å². The molecule has 1 aliphatic heterocycles. The number of allylic oxidation sites excluding steroid dienone is 2. The Balaban J connectivity index is 1.71. The predicted molar refractivity (Wildman–Crippen MR) is 68.7 cm³/mol. The summed E-state index contributed by atoms with van der Waals surface area (Å²) in [5, 5.41) is 14.5. The summed E-state index contributed by atoms with van der Waals surface area (Å²) >= 11 is 0. The van der Waals surface area contributed by atoms with Gasteiger partial charge in [-0.1, -0.05) is 12.2 Å². The average molecular weight is 268 g/mol. The summed E-state index contributed by atoms with van der Waals surface area (Å²) in [7, 11) is 0. The van der Waals surface area contributed by atoms with Crippen LogP contribution in [0.5, 0.6) is 0 Å². The number of rotatable bonds is 4. The van der Waals surface area contributed by atoms with Crippen LogP contribution in [0.2, 0.25) is 0 Å². The highest BCUT2D eigenvalue weighted by atomic mass is 16.5. The zero-order valence-electron chi connectivity index (χ0n) is 10.8. The third kappa shape index (κ3) is 3.96. The van der Waals surface area contributed by atoms with Crippen LogP contribution >= 0.6 is 0 Å². The normalized spacial score (nSPS) is 30.0. The lowest BCUT2D eigenvalue weighted by Gasteiger charge is -2.20. The maximum absolute atomic E-state index is 11.7. The molecule has 106 valence electrons. The highest BCUT2D eigenvalue weighted by molar-refractivity contribution is 5.77. The second-order valence-corrected chi connectivity index (χ2v) is 5.09. The van der Waals surface area contributed by atoms with Crippen molar-refractivity contribution in [2.24, 2.45) is 11.8 Å². The number of hydrogen-bond acceptors (Lipinski definition) is 3. The van der Waals surface area contributed by atoms with Crippen LogP contribution < -0.4 is 10.6 Å². The topological polar surface area (TPSA) is 87.7 Å². The lowest BCUT2D eigenvalue weighted by molar-refractivity contribution is -0.142. The molecule has 3 N–H and O–H groups in total. The Morgan fingerprint density at radius 2 is 2.16 bits per heavy atom. The highest BCUT2D eigenvalue weighted by Gasteiger charge is 2.35. The van der Waals surface area contributed by atoms with Gasteiger partial charge in [-0.25, -0.2) is 4.79 Å². The molecule has 0 aromatic rings. The summed E-state index contributed by atoms with van der Waals surface area (Å²) < 4.78 is 5.09. The molecule has 1 aliphatic carbocycles. The van der Waals surface area contributed by atoms with Crippen LogP contribution in [0, 0.1) is 11.8 Å². The minimum Gasteiger partial charge on any atom is -0.481 e. The molecule has 0 saturated carbocycles. The van der Waals surface area contributed by atoms with Gasteiger partial charge < -0.3 is 20.5 Å². The first-order chi connectivity index (χ1) is 9.16. The summed E-state index contributed by atoms with van der Waals surface area (Å²) in [6.45, 7) is 1.05. The van der Waals surface area contributed by atoms with Crippen molar-refractivity contribution in [2.75, 3.05) is 19.8 Å². The minimum atomic E-state index is -0.930. The van der Waals surface area contributed by atoms with Crippen molar-refractivity contribution < 1.29 is 19.4 Å². The first-order valence-electron chi connectivity index (χ1n) is 6.66. The predicted octanol–water partition coefficient (Wildman–Crippen LogP) is 0.742. The van der Waals surface area contributed by atoms with Gasteiger partial charge >= 0.3 is 12.0 Å². The van der Waals surface area contributed by atoms with E-state index < -0.39 is 17.9 Å². The standard InChI is InChI=1S/C13H20N2O4/c16-12(17)10-7-19-8-11(10)15-13(18)14-6-9-4-2-1-3-5-9/h1-2,9-11H,3-8H2,(H,16,17)(H2,14,15,18). The van der Waals surface area contributed by atoms with Gasteiger partial charge in [0.2, 0.25) is 0 Å². The third-order valence-corrected chi connectivity index (χ3v) is 3.64. The van der Waals surface area contributed by atoms with E-state index in [1.807, 2.05) is 0 Å².